The molecule has 0 aliphatic rings. The summed E-state index contributed by atoms with van der Waals surface area (Å²) in [6.45, 7) is 0.606. The molecule has 30 heavy (non-hydrogen) atoms. The molecule has 0 aromatic heterocycles. The number of alkyl halides is 2. The number of aliphatic hydroxyl groups is 4. The average Bonchev–Trinajstić information content (AvgIpc) is 2.76. The number of hydrogen-bond donors (Lipinski definition) is 5. The van der Waals surface area contributed by atoms with Crippen LogP contribution in [0.1, 0.15) is 18.4 Å². The highest BCUT2D eigenvalue weighted by molar-refractivity contribution is 6.18. The molecular weight excluding hydrogens is 435 g/mol. The molecule has 1 amide bonds. The largest absolute Gasteiger partial charge is 0.394 e. The highest BCUT2D eigenvalue weighted by Crippen LogP contribution is 2.17. The lowest BCUT2D eigenvalue weighted by atomic mass is 10.0. The fourth-order valence-corrected chi connectivity index (χ4v) is 3.31. The van der Waals surface area contributed by atoms with Gasteiger partial charge in [-0.2, -0.15) is 0 Å². The summed E-state index contributed by atoms with van der Waals surface area (Å²) in [5.41, 5.74) is 2.06. The monoisotopic (exact) mass is 464 g/mol. The van der Waals surface area contributed by atoms with E-state index in [9.17, 15) is 24.9 Å². The first-order chi connectivity index (χ1) is 14.4. The van der Waals surface area contributed by atoms with Gasteiger partial charge in [-0.25, -0.2) is 0 Å². The minimum Gasteiger partial charge on any atom is -0.394 e. The van der Waals surface area contributed by atoms with E-state index in [1.54, 1.807) is 0 Å². The smallest absolute Gasteiger partial charge is 0.220 e. The molecule has 1 aromatic carbocycles. The van der Waals surface area contributed by atoms with E-state index in [0.717, 1.165) is 11.3 Å². The lowest BCUT2D eigenvalue weighted by Gasteiger charge is -2.26. The van der Waals surface area contributed by atoms with Crippen LogP contribution in [0.5, 0.6) is 0 Å². The van der Waals surface area contributed by atoms with E-state index >= 15 is 0 Å². The molecular formula is C20H30Cl2N2O6. The van der Waals surface area contributed by atoms with Crippen LogP contribution >= 0.6 is 23.2 Å². The second kappa shape index (κ2) is 14.6. The predicted octanol–water partition coefficient (Wildman–Crippen LogP) is 0.0520. The molecule has 10 heteroatoms. The number of nitrogens with zero attached hydrogens (tertiary/aromatic N) is 1. The Morgan fingerprint density at radius 1 is 1.07 bits per heavy atom. The van der Waals surface area contributed by atoms with Gasteiger partial charge in [0.25, 0.3) is 0 Å². The Bertz CT molecular complexity index is 628. The molecule has 0 radical (unpaired) electrons. The number of carbonyl (C=O) groups excluding carboxylic acids is 2. The molecule has 0 unspecified atom stereocenters. The Balaban J connectivity index is 2.50. The fourth-order valence-electron chi connectivity index (χ4n) is 2.91. The summed E-state index contributed by atoms with van der Waals surface area (Å²) < 4.78 is 0. The van der Waals surface area contributed by atoms with Gasteiger partial charge < -0.3 is 35.4 Å². The van der Waals surface area contributed by atoms with E-state index in [4.69, 9.17) is 28.3 Å². The summed E-state index contributed by atoms with van der Waals surface area (Å²) in [4.78, 5) is 25.3. The Morgan fingerprint density at radius 3 is 2.17 bits per heavy atom. The number of carbonyl (C=O) groups is 2. The van der Waals surface area contributed by atoms with Gasteiger partial charge in [-0.05, 0) is 30.5 Å². The number of nitrogens with one attached hydrogen (secondary N) is 1. The maximum atomic E-state index is 12.0. The third-order valence-corrected chi connectivity index (χ3v) is 4.99. The number of aliphatic hydroxyl groups excluding tert-OH is 4. The third kappa shape index (κ3) is 8.75. The quantitative estimate of drug-likeness (QED) is 0.183. The van der Waals surface area contributed by atoms with Gasteiger partial charge in [-0.1, -0.05) is 12.1 Å². The Morgan fingerprint density at radius 2 is 1.67 bits per heavy atom. The van der Waals surface area contributed by atoms with E-state index in [-0.39, 0.29) is 12.7 Å². The van der Waals surface area contributed by atoms with Crippen LogP contribution in [0.3, 0.4) is 0 Å². The van der Waals surface area contributed by atoms with Crippen LogP contribution in [-0.2, 0) is 16.0 Å². The van der Waals surface area contributed by atoms with Crippen molar-refractivity contribution < 1.29 is 30.0 Å². The minimum atomic E-state index is -1.76. The summed E-state index contributed by atoms with van der Waals surface area (Å²) in [6, 6.07) is 6.49. The molecule has 0 spiro atoms. The molecule has 1 aromatic rings. The first-order valence-corrected chi connectivity index (χ1v) is 10.8. The number of benzene rings is 1. The molecule has 0 saturated heterocycles. The van der Waals surface area contributed by atoms with Gasteiger partial charge in [0.05, 0.1) is 6.61 Å². The van der Waals surface area contributed by atoms with E-state index in [1.165, 1.54) is 0 Å². The van der Waals surface area contributed by atoms with Crippen molar-refractivity contribution in [2.24, 2.45) is 0 Å². The van der Waals surface area contributed by atoms with E-state index in [0.29, 0.717) is 37.7 Å². The van der Waals surface area contributed by atoms with Crippen LogP contribution in [0.25, 0.3) is 0 Å². The summed E-state index contributed by atoms with van der Waals surface area (Å²) >= 11 is 11.6. The number of hydrogen-bond acceptors (Lipinski definition) is 7. The summed E-state index contributed by atoms with van der Waals surface area (Å²) in [5.74, 6) is 0.532. The van der Waals surface area contributed by atoms with Gasteiger partial charge in [0.2, 0.25) is 5.91 Å². The Hall–Kier alpha value is -1.42. The Kier molecular flexibility index (Phi) is 12.9. The number of anilines is 1. The summed E-state index contributed by atoms with van der Waals surface area (Å²) in [7, 11) is 0. The normalized spacial score (nSPS) is 15.1. The fraction of sp³-hybridized carbons (Fsp3) is 0.600. The predicted molar refractivity (Wildman–Crippen MR) is 116 cm³/mol. The van der Waals surface area contributed by atoms with Crippen molar-refractivity contribution in [3.05, 3.63) is 29.8 Å². The molecule has 4 atom stereocenters. The van der Waals surface area contributed by atoms with Gasteiger partial charge >= 0.3 is 0 Å². The minimum absolute atomic E-state index is 0.113. The van der Waals surface area contributed by atoms with Gasteiger partial charge in [0, 0.05) is 37.0 Å². The molecule has 0 fully saturated rings. The van der Waals surface area contributed by atoms with E-state index in [2.05, 4.69) is 10.2 Å². The second-order valence-electron chi connectivity index (χ2n) is 6.85. The SMILES string of the molecule is O=C[C@H](NC(=O)CCCc1ccc(N(CCCl)CCCl)cc1)[C@H](O)[C@H](O)[C@H](O)CO. The zero-order valence-electron chi connectivity index (χ0n) is 16.7. The van der Waals surface area contributed by atoms with Gasteiger partial charge in [0.15, 0.2) is 0 Å². The number of amides is 1. The molecule has 0 heterocycles. The highest BCUT2D eigenvalue weighted by atomic mass is 35.5. The van der Waals surface area contributed by atoms with Crippen LogP contribution < -0.4 is 10.2 Å². The first kappa shape index (κ1) is 26.6. The second-order valence-corrected chi connectivity index (χ2v) is 7.60. The van der Waals surface area contributed by atoms with Crippen molar-refractivity contribution in [3.63, 3.8) is 0 Å². The molecule has 1 rings (SSSR count). The molecule has 0 bridgehead atoms. The molecule has 170 valence electrons. The summed E-state index contributed by atoms with van der Waals surface area (Å²) in [6.07, 6.45) is -3.57. The van der Waals surface area contributed by atoms with Crippen molar-refractivity contribution in [1.29, 1.82) is 0 Å². The number of rotatable bonds is 15. The molecule has 0 saturated carbocycles. The Labute approximate surface area is 186 Å². The van der Waals surface area contributed by atoms with Crippen LogP contribution in [0.15, 0.2) is 24.3 Å². The average molecular weight is 465 g/mol. The highest BCUT2D eigenvalue weighted by Gasteiger charge is 2.31. The number of aryl methyl sites for hydroxylation is 1. The maximum Gasteiger partial charge on any atom is 0.220 e. The van der Waals surface area contributed by atoms with Crippen LogP contribution in [0.2, 0.25) is 0 Å². The first-order valence-electron chi connectivity index (χ1n) is 9.73. The van der Waals surface area contributed by atoms with Crippen LogP contribution in [0.4, 0.5) is 5.69 Å². The zero-order chi connectivity index (χ0) is 22.5. The number of halogens is 2. The maximum absolute atomic E-state index is 12.0. The van der Waals surface area contributed by atoms with Gasteiger partial charge in [-0.15, -0.1) is 23.2 Å². The number of aldehydes is 1. The molecule has 8 nitrogen and oxygen atoms in total. The van der Waals surface area contributed by atoms with Crippen molar-refractivity contribution in [2.45, 2.75) is 43.6 Å². The van der Waals surface area contributed by atoms with Gasteiger partial charge in [0.1, 0.15) is 30.6 Å². The lowest BCUT2D eigenvalue weighted by molar-refractivity contribution is -0.131. The van der Waals surface area contributed by atoms with E-state index < -0.39 is 36.9 Å². The molecule has 0 aliphatic carbocycles. The molecule has 5 N–H and O–H groups in total. The van der Waals surface area contributed by atoms with Crippen molar-refractivity contribution in [1.82, 2.24) is 5.32 Å². The van der Waals surface area contributed by atoms with Crippen molar-refractivity contribution in [2.75, 3.05) is 36.4 Å². The standard InChI is InChI=1S/C20H30Cl2N2O6/c21-8-10-24(11-9-22)15-6-4-14(5-7-15)2-1-3-18(28)23-16(12-25)19(29)20(30)17(27)13-26/h4-7,12,16-17,19-20,26-27,29-30H,1-3,8-11,13H2,(H,23,28)/t16-,17+,19-,20+/m0/s1. The van der Waals surface area contributed by atoms with E-state index in [1.807, 2.05) is 24.3 Å². The third-order valence-electron chi connectivity index (χ3n) is 4.65. The topological polar surface area (TPSA) is 130 Å². The van der Waals surface area contributed by atoms with Crippen LogP contribution in [-0.4, -0.2) is 88.4 Å². The van der Waals surface area contributed by atoms with Crippen molar-refractivity contribution in [3.8, 4) is 0 Å². The lowest BCUT2D eigenvalue weighted by Crippen LogP contribution is -2.53. The summed E-state index contributed by atoms with van der Waals surface area (Å²) in [5, 5.41) is 40.0. The van der Waals surface area contributed by atoms with Gasteiger partial charge in [-0.3, -0.25) is 4.79 Å². The van der Waals surface area contributed by atoms with Crippen LogP contribution in [0, 0.1) is 0 Å². The molecule has 0 aliphatic heterocycles. The zero-order valence-corrected chi connectivity index (χ0v) is 18.2. The van der Waals surface area contributed by atoms with Crippen molar-refractivity contribution >= 4 is 41.1 Å².